The van der Waals surface area contributed by atoms with Gasteiger partial charge in [0, 0.05) is 23.1 Å². The third kappa shape index (κ3) is 2.96. The molecule has 0 bridgehead atoms. The first-order chi connectivity index (χ1) is 10.7. The Morgan fingerprint density at radius 1 is 0.955 bits per heavy atom. The number of hydrogen-bond acceptors (Lipinski definition) is 3. The molecule has 0 unspecified atom stereocenters. The molecule has 3 rings (SSSR count). The SMILES string of the molecule is Nc1cccc(-c2cccnc2C(=O)Nc2ccccc2)c1. The van der Waals surface area contributed by atoms with Crippen LogP contribution in [0.1, 0.15) is 10.5 Å². The first-order valence-electron chi connectivity index (χ1n) is 6.91. The number of nitrogens with one attached hydrogen (secondary N) is 1. The monoisotopic (exact) mass is 289 g/mol. The van der Waals surface area contributed by atoms with Gasteiger partial charge in [-0.3, -0.25) is 9.78 Å². The van der Waals surface area contributed by atoms with E-state index in [1.165, 1.54) is 0 Å². The quantitative estimate of drug-likeness (QED) is 0.724. The van der Waals surface area contributed by atoms with Crippen molar-refractivity contribution in [1.29, 1.82) is 0 Å². The minimum absolute atomic E-state index is 0.246. The van der Waals surface area contributed by atoms with Gasteiger partial charge in [0.05, 0.1) is 0 Å². The van der Waals surface area contributed by atoms with E-state index < -0.39 is 0 Å². The second-order valence-corrected chi connectivity index (χ2v) is 4.85. The summed E-state index contributed by atoms with van der Waals surface area (Å²) in [7, 11) is 0. The van der Waals surface area contributed by atoms with E-state index in [-0.39, 0.29) is 5.91 Å². The van der Waals surface area contributed by atoms with Crippen molar-refractivity contribution in [3.8, 4) is 11.1 Å². The fourth-order valence-corrected chi connectivity index (χ4v) is 2.24. The molecular weight excluding hydrogens is 274 g/mol. The van der Waals surface area contributed by atoms with Crippen molar-refractivity contribution in [3.05, 3.63) is 78.6 Å². The molecule has 0 aliphatic heterocycles. The average molecular weight is 289 g/mol. The van der Waals surface area contributed by atoms with Crippen molar-refractivity contribution in [2.75, 3.05) is 11.1 Å². The molecule has 0 saturated heterocycles. The van der Waals surface area contributed by atoms with Crippen molar-refractivity contribution in [3.63, 3.8) is 0 Å². The van der Waals surface area contributed by atoms with E-state index in [9.17, 15) is 4.79 Å². The Balaban J connectivity index is 1.96. The highest BCUT2D eigenvalue weighted by molar-refractivity contribution is 6.07. The third-order valence-electron chi connectivity index (χ3n) is 3.25. The Hall–Kier alpha value is -3.14. The van der Waals surface area contributed by atoms with Crippen LogP contribution in [0.4, 0.5) is 11.4 Å². The van der Waals surface area contributed by atoms with Crippen molar-refractivity contribution >= 4 is 17.3 Å². The third-order valence-corrected chi connectivity index (χ3v) is 3.25. The summed E-state index contributed by atoms with van der Waals surface area (Å²) in [6, 6.07) is 20.4. The van der Waals surface area contributed by atoms with E-state index in [0.29, 0.717) is 11.4 Å². The molecular formula is C18H15N3O. The molecule has 1 heterocycles. The molecule has 3 N–H and O–H groups in total. The van der Waals surface area contributed by atoms with Gasteiger partial charge in [0.2, 0.25) is 0 Å². The lowest BCUT2D eigenvalue weighted by Gasteiger charge is -2.10. The molecule has 0 radical (unpaired) electrons. The van der Waals surface area contributed by atoms with E-state index in [4.69, 9.17) is 5.73 Å². The zero-order chi connectivity index (χ0) is 15.4. The van der Waals surface area contributed by atoms with Crippen LogP contribution in [0.3, 0.4) is 0 Å². The highest BCUT2D eigenvalue weighted by atomic mass is 16.1. The Kier molecular flexibility index (Phi) is 3.83. The Bertz CT molecular complexity index is 800. The summed E-state index contributed by atoms with van der Waals surface area (Å²) in [5.41, 5.74) is 9.20. The largest absolute Gasteiger partial charge is 0.399 e. The Morgan fingerprint density at radius 2 is 1.77 bits per heavy atom. The lowest BCUT2D eigenvalue weighted by Crippen LogP contribution is -2.14. The number of nitrogen functional groups attached to an aromatic ring is 1. The minimum Gasteiger partial charge on any atom is -0.399 e. The summed E-state index contributed by atoms with van der Waals surface area (Å²) in [6.45, 7) is 0. The van der Waals surface area contributed by atoms with Crippen LogP contribution in [-0.2, 0) is 0 Å². The molecule has 0 spiro atoms. The maximum absolute atomic E-state index is 12.5. The van der Waals surface area contributed by atoms with Gasteiger partial charge in [-0.15, -0.1) is 0 Å². The van der Waals surface area contributed by atoms with Crippen LogP contribution in [-0.4, -0.2) is 10.9 Å². The lowest BCUT2D eigenvalue weighted by molar-refractivity contribution is 0.102. The average Bonchev–Trinajstić information content (AvgIpc) is 2.56. The van der Waals surface area contributed by atoms with Gasteiger partial charge in [-0.2, -0.15) is 0 Å². The van der Waals surface area contributed by atoms with Gasteiger partial charge in [0.25, 0.3) is 5.91 Å². The molecule has 4 nitrogen and oxygen atoms in total. The summed E-state index contributed by atoms with van der Waals surface area (Å²) >= 11 is 0. The maximum Gasteiger partial charge on any atom is 0.274 e. The zero-order valence-corrected chi connectivity index (χ0v) is 11.9. The number of anilines is 2. The fourth-order valence-electron chi connectivity index (χ4n) is 2.24. The van der Waals surface area contributed by atoms with Crippen molar-refractivity contribution in [1.82, 2.24) is 4.98 Å². The van der Waals surface area contributed by atoms with E-state index in [0.717, 1.165) is 16.8 Å². The summed E-state index contributed by atoms with van der Waals surface area (Å²) < 4.78 is 0. The number of pyridine rings is 1. The zero-order valence-electron chi connectivity index (χ0n) is 11.9. The number of carbonyl (C=O) groups excluding carboxylic acids is 1. The molecule has 108 valence electrons. The van der Waals surface area contributed by atoms with Gasteiger partial charge < -0.3 is 11.1 Å². The van der Waals surface area contributed by atoms with Crippen molar-refractivity contribution < 1.29 is 4.79 Å². The number of rotatable bonds is 3. The summed E-state index contributed by atoms with van der Waals surface area (Å²) in [5, 5.41) is 2.85. The number of aromatic nitrogens is 1. The number of nitrogens with two attached hydrogens (primary N) is 1. The van der Waals surface area contributed by atoms with Crippen LogP contribution in [0, 0.1) is 0 Å². The lowest BCUT2D eigenvalue weighted by atomic mass is 10.0. The predicted octanol–water partition coefficient (Wildman–Crippen LogP) is 3.58. The van der Waals surface area contributed by atoms with Crippen molar-refractivity contribution in [2.45, 2.75) is 0 Å². The van der Waals surface area contributed by atoms with Crippen LogP contribution in [0.5, 0.6) is 0 Å². The summed E-state index contributed by atoms with van der Waals surface area (Å²) in [5.74, 6) is -0.246. The molecule has 0 aliphatic carbocycles. The highest BCUT2D eigenvalue weighted by Gasteiger charge is 2.14. The molecule has 0 saturated carbocycles. The minimum atomic E-state index is -0.246. The number of para-hydroxylation sites is 1. The second-order valence-electron chi connectivity index (χ2n) is 4.85. The number of amides is 1. The van der Waals surface area contributed by atoms with Gasteiger partial charge in [-0.05, 0) is 35.9 Å². The Labute approximate surface area is 128 Å². The Morgan fingerprint density at radius 3 is 2.55 bits per heavy atom. The van der Waals surface area contributed by atoms with Gasteiger partial charge in [0.15, 0.2) is 0 Å². The van der Waals surface area contributed by atoms with E-state index in [1.807, 2.05) is 60.7 Å². The number of nitrogens with zero attached hydrogens (tertiary/aromatic N) is 1. The van der Waals surface area contributed by atoms with E-state index in [1.54, 1.807) is 12.3 Å². The van der Waals surface area contributed by atoms with Gasteiger partial charge in [0.1, 0.15) is 5.69 Å². The molecule has 3 aromatic rings. The second kappa shape index (κ2) is 6.10. The van der Waals surface area contributed by atoms with Crippen LogP contribution in [0.15, 0.2) is 72.9 Å². The van der Waals surface area contributed by atoms with Crippen LogP contribution < -0.4 is 11.1 Å². The molecule has 22 heavy (non-hydrogen) atoms. The summed E-state index contributed by atoms with van der Waals surface area (Å²) in [6.07, 6.45) is 1.61. The number of benzene rings is 2. The standard InChI is InChI=1S/C18H15N3O/c19-14-7-4-6-13(12-14)16-10-5-11-20-17(16)18(22)21-15-8-2-1-3-9-15/h1-12H,19H2,(H,21,22). The molecule has 4 heteroatoms. The first-order valence-corrected chi connectivity index (χ1v) is 6.91. The number of hydrogen-bond donors (Lipinski definition) is 2. The fraction of sp³-hybridized carbons (Fsp3) is 0. The van der Waals surface area contributed by atoms with Crippen LogP contribution in [0.25, 0.3) is 11.1 Å². The van der Waals surface area contributed by atoms with E-state index in [2.05, 4.69) is 10.3 Å². The molecule has 1 aromatic heterocycles. The first kappa shape index (κ1) is 13.8. The molecule has 2 aromatic carbocycles. The molecule has 0 aliphatic rings. The van der Waals surface area contributed by atoms with Gasteiger partial charge in [-0.1, -0.05) is 36.4 Å². The van der Waals surface area contributed by atoms with Crippen LogP contribution >= 0.6 is 0 Å². The predicted molar refractivity (Wildman–Crippen MR) is 88.5 cm³/mol. The topological polar surface area (TPSA) is 68.0 Å². The maximum atomic E-state index is 12.5. The highest BCUT2D eigenvalue weighted by Crippen LogP contribution is 2.24. The van der Waals surface area contributed by atoms with Crippen LogP contribution in [0.2, 0.25) is 0 Å². The molecule has 0 fully saturated rings. The summed E-state index contributed by atoms with van der Waals surface area (Å²) in [4.78, 5) is 16.7. The molecule has 0 atom stereocenters. The smallest absolute Gasteiger partial charge is 0.274 e. The van der Waals surface area contributed by atoms with E-state index >= 15 is 0 Å². The van der Waals surface area contributed by atoms with Crippen molar-refractivity contribution in [2.24, 2.45) is 0 Å². The van der Waals surface area contributed by atoms with Gasteiger partial charge >= 0.3 is 0 Å². The molecule has 1 amide bonds. The van der Waals surface area contributed by atoms with Gasteiger partial charge in [-0.25, -0.2) is 0 Å². The number of carbonyl (C=O) groups is 1. The normalized spacial score (nSPS) is 10.2.